The van der Waals surface area contributed by atoms with Crippen molar-refractivity contribution in [2.24, 2.45) is 0 Å². The summed E-state index contributed by atoms with van der Waals surface area (Å²) in [7, 11) is -1.07. The topological polar surface area (TPSA) is 107 Å². The van der Waals surface area contributed by atoms with Crippen LogP contribution in [0, 0.1) is 6.92 Å². The first-order valence-corrected chi connectivity index (χ1v) is 11.3. The van der Waals surface area contributed by atoms with Crippen molar-refractivity contribution in [1.29, 1.82) is 0 Å². The van der Waals surface area contributed by atoms with Crippen molar-refractivity contribution in [3.8, 4) is 11.5 Å². The molecule has 3 rings (SSSR count). The molecular weight excluding hydrogens is 430 g/mol. The first-order chi connectivity index (χ1) is 15.3. The van der Waals surface area contributed by atoms with Crippen LogP contribution in [0.25, 0.3) is 0 Å². The number of rotatable bonds is 9. The highest BCUT2D eigenvalue weighted by Crippen LogP contribution is 2.39. The third-order valence-electron chi connectivity index (χ3n) is 4.77. The Bertz CT molecular complexity index is 1180. The van der Waals surface area contributed by atoms with Crippen LogP contribution in [0.3, 0.4) is 0 Å². The summed E-state index contributed by atoms with van der Waals surface area (Å²) in [5.41, 5.74) is 2.19. The molecule has 2 aromatic carbocycles. The van der Waals surface area contributed by atoms with Crippen LogP contribution in [0.2, 0.25) is 0 Å². The van der Waals surface area contributed by atoms with Gasteiger partial charge in [0.2, 0.25) is 15.7 Å². The van der Waals surface area contributed by atoms with Crippen molar-refractivity contribution in [3.05, 3.63) is 72.1 Å². The molecule has 0 saturated heterocycles. The molecule has 2 N–H and O–H groups in total. The Labute approximate surface area is 187 Å². The van der Waals surface area contributed by atoms with Crippen LogP contribution in [-0.4, -0.2) is 40.1 Å². The lowest BCUT2D eigenvalue weighted by Gasteiger charge is -2.17. The summed E-state index contributed by atoms with van der Waals surface area (Å²) in [6, 6.07) is 13.2. The van der Waals surface area contributed by atoms with Gasteiger partial charge in [0.15, 0.2) is 5.75 Å². The Hall–Kier alpha value is -3.59. The third-order valence-corrected chi connectivity index (χ3v) is 6.54. The van der Waals surface area contributed by atoms with E-state index in [1.54, 1.807) is 54.9 Å². The Balaban J connectivity index is 1.85. The van der Waals surface area contributed by atoms with Gasteiger partial charge in [-0.3, -0.25) is 9.78 Å². The molecule has 0 spiro atoms. The number of anilines is 1. The van der Waals surface area contributed by atoms with Crippen molar-refractivity contribution < 1.29 is 22.7 Å². The van der Waals surface area contributed by atoms with E-state index < -0.39 is 9.84 Å². The lowest BCUT2D eigenvalue weighted by Crippen LogP contribution is -2.29. The fourth-order valence-corrected chi connectivity index (χ4v) is 4.48. The van der Waals surface area contributed by atoms with Crippen molar-refractivity contribution in [2.45, 2.75) is 23.3 Å². The van der Waals surface area contributed by atoms with Gasteiger partial charge in [-0.2, -0.15) is 0 Å². The summed E-state index contributed by atoms with van der Waals surface area (Å²) in [6.45, 7) is 2.15. The molecular formula is C23H25N3O5S. The summed E-state index contributed by atoms with van der Waals surface area (Å²) in [6.07, 6.45) is 3.30. The van der Waals surface area contributed by atoms with Gasteiger partial charge >= 0.3 is 0 Å². The molecule has 0 atom stereocenters. The van der Waals surface area contributed by atoms with Crippen LogP contribution < -0.4 is 20.1 Å². The highest BCUT2D eigenvalue weighted by atomic mass is 32.2. The zero-order valence-corrected chi connectivity index (χ0v) is 18.9. The average Bonchev–Trinajstić information content (AvgIpc) is 2.81. The fourth-order valence-electron chi connectivity index (χ4n) is 3.02. The standard InChI is InChI=1S/C23H25N3O5S/c1-16-4-6-19(7-5-16)32(28,29)21-13-18(30-2)12-20(23(21)31-3)25-15-22(27)26-14-17-8-10-24-11-9-17/h4-13,25H,14-15H2,1-3H3,(H,26,27). The number of nitrogens with one attached hydrogen (secondary N) is 2. The van der Waals surface area contributed by atoms with E-state index in [2.05, 4.69) is 15.6 Å². The Morgan fingerprint density at radius 1 is 1.00 bits per heavy atom. The van der Waals surface area contributed by atoms with Gasteiger partial charge in [-0.25, -0.2) is 8.42 Å². The lowest BCUT2D eigenvalue weighted by atomic mass is 10.2. The molecule has 32 heavy (non-hydrogen) atoms. The monoisotopic (exact) mass is 455 g/mol. The zero-order chi connectivity index (χ0) is 23.1. The van der Waals surface area contributed by atoms with Crippen molar-refractivity contribution in [2.75, 3.05) is 26.1 Å². The van der Waals surface area contributed by atoms with Crippen LogP contribution in [0.4, 0.5) is 5.69 Å². The minimum absolute atomic E-state index is 0.0529. The number of hydrogen-bond donors (Lipinski definition) is 2. The van der Waals surface area contributed by atoms with E-state index in [1.807, 2.05) is 6.92 Å². The van der Waals surface area contributed by atoms with Gasteiger partial charge in [0.25, 0.3) is 0 Å². The van der Waals surface area contributed by atoms with Gasteiger partial charge < -0.3 is 20.1 Å². The summed E-state index contributed by atoms with van der Waals surface area (Å²) < 4.78 is 37.3. The van der Waals surface area contributed by atoms with E-state index in [-0.39, 0.29) is 28.0 Å². The van der Waals surface area contributed by atoms with E-state index in [9.17, 15) is 13.2 Å². The molecule has 8 nitrogen and oxygen atoms in total. The number of benzene rings is 2. The number of hydrogen-bond acceptors (Lipinski definition) is 7. The Morgan fingerprint density at radius 3 is 2.31 bits per heavy atom. The number of sulfone groups is 1. The highest BCUT2D eigenvalue weighted by molar-refractivity contribution is 7.91. The van der Waals surface area contributed by atoms with E-state index in [4.69, 9.17) is 9.47 Å². The number of carbonyl (C=O) groups excluding carboxylic acids is 1. The second kappa shape index (κ2) is 10.1. The quantitative estimate of drug-likeness (QED) is 0.511. The van der Waals surface area contributed by atoms with Gasteiger partial charge in [-0.1, -0.05) is 17.7 Å². The normalized spacial score (nSPS) is 11.0. The van der Waals surface area contributed by atoms with Crippen LogP contribution >= 0.6 is 0 Å². The smallest absolute Gasteiger partial charge is 0.239 e. The van der Waals surface area contributed by atoms with Crippen molar-refractivity contribution in [3.63, 3.8) is 0 Å². The Morgan fingerprint density at radius 2 is 1.69 bits per heavy atom. The number of amides is 1. The molecule has 1 aromatic heterocycles. The minimum atomic E-state index is -3.89. The van der Waals surface area contributed by atoms with Crippen molar-refractivity contribution >= 4 is 21.4 Å². The van der Waals surface area contributed by atoms with E-state index >= 15 is 0 Å². The molecule has 1 heterocycles. The first-order valence-electron chi connectivity index (χ1n) is 9.82. The maximum Gasteiger partial charge on any atom is 0.239 e. The number of carbonyl (C=O) groups is 1. The molecule has 168 valence electrons. The molecule has 0 radical (unpaired) electrons. The number of pyridine rings is 1. The number of nitrogens with zero attached hydrogens (tertiary/aromatic N) is 1. The molecule has 0 fully saturated rings. The van der Waals surface area contributed by atoms with Crippen LogP contribution in [-0.2, 0) is 21.2 Å². The largest absolute Gasteiger partial charge is 0.497 e. The van der Waals surface area contributed by atoms with Gasteiger partial charge in [-0.05, 0) is 36.8 Å². The van der Waals surface area contributed by atoms with Gasteiger partial charge in [-0.15, -0.1) is 0 Å². The SMILES string of the molecule is COc1cc(NCC(=O)NCc2ccncc2)c(OC)c(S(=O)(=O)c2ccc(C)cc2)c1. The van der Waals surface area contributed by atoms with Gasteiger partial charge in [0, 0.05) is 31.1 Å². The number of aromatic nitrogens is 1. The molecule has 3 aromatic rings. The van der Waals surface area contributed by atoms with Crippen LogP contribution in [0.15, 0.2) is 70.7 Å². The van der Waals surface area contributed by atoms with Crippen molar-refractivity contribution in [1.82, 2.24) is 10.3 Å². The van der Waals surface area contributed by atoms with Gasteiger partial charge in [0.05, 0.1) is 31.3 Å². The van der Waals surface area contributed by atoms with E-state index in [0.717, 1.165) is 11.1 Å². The maximum atomic E-state index is 13.3. The fraction of sp³-hybridized carbons (Fsp3) is 0.217. The molecule has 9 heteroatoms. The summed E-state index contributed by atoms with van der Waals surface area (Å²) in [5.74, 6) is 0.152. The summed E-state index contributed by atoms with van der Waals surface area (Å²) in [5, 5.41) is 5.75. The zero-order valence-electron chi connectivity index (χ0n) is 18.1. The third kappa shape index (κ3) is 5.36. The second-order valence-corrected chi connectivity index (χ2v) is 8.93. The minimum Gasteiger partial charge on any atom is -0.497 e. The first kappa shape index (κ1) is 23.1. The van der Waals surface area contributed by atoms with E-state index in [1.165, 1.54) is 20.3 Å². The number of methoxy groups -OCH3 is 2. The number of aryl methyl sites for hydroxylation is 1. The molecule has 0 unspecified atom stereocenters. The lowest BCUT2D eigenvalue weighted by molar-refractivity contribution is -0.119. The summed E-state index contributed by atoms with van der Waals surface area (Å²) in [4.78, 5) is 16.3. The van der Waals surface area contributed by atoms with Crippen LogP contribution in [0.5, 0.6) is 11.5 Å². The molecule has 0 bridgehead atoms. The average molecular weight is 456 g/mol. The highest BCUT2D eigenvalue weighted by Gasteiger charge is 2.26. The molecule has 0 aliphatic rings. The van der Waals surface area contributed by atoms with Gasteiger partial charge in [0.1, 0.15) is 10.6 Å². The Kier molecular flexibility index (Phi) is 7.32. The molecule has 0 saturated carbocycles. The maximum absolute atomic E-state index is 13.3. The van der Waals surface area contributed by atoms with E-state index in [0.29, 0.717) is 18.0 Å². The summed E-state index contributed by atoms with van der Waals surface area (Å²) >= 11 is 0. The number of ether oxygens (including phenoxy) is 2. The molecule has 1 amide bonds. The molecule has 0 aliphatic carbocycles. The second-order valence-electron chi connectivity index (χ2n) is 7.01. The predicted molar refractivity (Wildman–Crippen MR) is 121 cm³/mol. The van der Waals surface area contributed by atoms with Crippen LogP contribution in [0.1, 0.15) is 11.1 Å². The predicted octanol–water partition coefficient (Wildman–Crippen LogP) is 2.97. The molecule has 0 aliphatic heterocycles.